The first-order chi connectivity index (χ1) is 9.51. The molecule has 20 heavy (non-hydrogen) atoms. The number of nitrogens with zero attached hydrogens (tertiary/aromatic N) is 1. The van der Waals surface area contributed by atoms with Gasteiger partial charge in [-0.05, 0) is 44.8 Å². The Morgan fingerprint density at radius 1 is 1.35 bits per heavy atom. The van der Waals surface area contributed by atoms with Crippen LogP contribution in [0.15, 0.2) is 0 Å². The molecule has 3 atom stereocenters. The maximum atomic E-state index is 12.4. The molecule has 0 spiro atoms. The van der Waals surface area contributed by atoms with Gasteiger partial charge in [0, 0.05) is 30.3 Å². The number of carbonyl (C=O) groups is 2. The SMILES string of the molecule is CSCC(C)NC(=O)N1C2CCC1CC(CC(=O)O)C2. The Labute approximate surface area is 124 Å². The number of carbonyl (C=O) groups excluding carboxylic acids is 1. The average Bonchev–Trinajstić information content (AvgIpc) is 2.61. The quantitative estimate of drug-likeness (QED) is 0.816. The van der Waals surface area contributed by atoms with Gasteiger partial charge in [-0.3, -0.25) is 4.79 Å². The summed E-state index contributed by atoms with van der Waals surface area (Å²) in [6.45, 7) is 2.02. The van der Waals surface area contributed by atoms with Gasteiger partial charge in [0.1, 0.15) is 0 Å². The van der Waals surface area contributed by atoms with E-state index in [1.807, 2.05) is 18.1 Å². The summed E-state index contributed by atoms with van der Waals surface area (Å²) >= 11 is 1.72. The van der Waals surface area contributed by atoms with Crippen LogP contribution in [0, 0.1) is 5.92 Å². The minimum Gasteiger partial charge on any atom is -0.481 e. The normalized spacial score (nSPS) is 30.1. The summed E-state index contributed by atoms with van der Waals surface area (Å²) in [6, 6.07) is 0.681. The molecule has 2 bridgehead atoms. The number of carboxylic acids is 1. The average molecular weight is 300 g/mol. The van der Waals surface area contributed by atoms with Gasteiger partial charge in [0.25, 0.3) is 0 Å². The number of rotatable bonds is 5. The Kier molecular flexibility index (Phi) is 5.18. The van der Waals surface area contributed by atoms with E-state index in [4.69, 9.17) is 5.11 Å². The van der Waals surface area contributed by atoms with Crippen molar-refractivity contribution in [3.8, 4) is 0 Å². The summed E-state index contributed by atoms with van der Waals surface area (Å²) in [7, 11) is 0. The van der Waals surface area contributed by atoms with Crippen molar-refractivity contribution < 1.29 is 14.7 Å². The second-order valence-electron chi connectivity index (χ2n) is 6.03. The van der Waals surface area contributed by atoms with E-state index < -0.39 is 5.97 Å². The first kappa shape index (κ1) is 15.5. The van der Waals surface area contributed by atoms with Crippen molar-refractivity contribution in [2.75, 3.05) is 12.0 Å². The van der Waals surface area contributed by atoms with Crippen LogP contribution in [0.4, 0.5) is 4.79 Å². The number of hydrogen-bond donors (Lipinski definition) is 2. The lowest BCUT2D eigenvalue weighted by Gasteiger charge is -2.39. The Morgan fingerprint density at radius 3 is 2.45 bits per heavy atom. The molecule has 2 aliphatic rings. The number of nitrogens with one attached hydrogen (secondary N) is 1. The van der Waals surface area contributed by atoms with Crippen LogP contribution in [-0.4, -0.2) is 52.1 Å². The van der Waals surface area contributed by atoms with Gasteiger partial charge < -0.3 is 15.3 Å². The van der Waals surface area contributed by atoms with Crippen LogP contribution in [0.3, 0.4) is 0 Å². The molecule has 0 aromatic carbocycles. The fourth-order valence-corrected chi connectivity index (χ4v) is 4.20. The summed E-state index contributed by atoms with van der Waals surface area (Å²) in [5.74, 6) is 0.426. The minimum atomic E-state index is -0.721. The third kappa shape index (κ3) is 3.59. The predicted molar refractivity (Wildman–Crippen MR) is 80.0 cm³/mol. The van der Waals surface area contributed by atoms with E-state index in [-0.39, 0.29) is 36.5 Å². The monoisotopic (exact) mass is 300 g/mol. The van der Waals surface area contributed by atoms with Crippen molar-refractivity contribution in [2.45, 2.75) is 57.2 Å². The van der Waals surface area contributed by atoms with Crippen LogP contribution < -0.4 is 5.32 Å². The molecule has 2 rings (SSSR count). The molecule has 2 heterocycles. The highest BCUT2D eigenvalue weighted by atomic mass is 32.2. The third-order valence-corrected chi connectivity index (χ3v) is 5.15. The van der Waals surface area contributed by atoms with Crippen LogP contribution in [0.2, 0.25) is 0 Å². The van der Waals surface area contributed by atoms with Gasteiger partial charge >= 0.3 is 12.0 Å². The molecule has 0 radical (unpaired) electrons. The number of amides is 2. The molecule has 2 amide bonds. The van der Waals surface area contributed by atoms with Crippen molar-refractivity contribution in [3.63, 3.8) is 0 Å². The smallest absolute Gasteiger partial charge is 0.318 e. The number of piperidine rings is 1. The number of thioether (sulfide) groups is 1. The van der Waals surface area contributed by atoms with Crippen molar-refractivity contribution in [1.82, 2.24) is 10.2 Å². The van der Waals surface area contributed by atoms with Gasteiger partial charge in [0.2, 0.25) is 0 Å². The maximum absolute atomic E-state index is 12.4. The summed E-state index contributed by atoms with van der Waals surface area (Å²) in [5, 5.41) is 12.0. The minimum absolute atomic E-state index is 0.0350. The summed E-state index contributed by atoms with van der Waals surface area (Å²) in [5.41, 5.74) is 0. The molecule has 5 nitrogen and oxygen atoms in total. The topological polar surface area (TPSA) is 69.6 Å². The van der Waals surface area contributed by atoms with Gasteiger partial charge in [-0.15, -0.1) is 0 Å². The van der Waals surface area contributed by atoms with Gasteiger partial charge in [0.05, 0.1) is 0 Å². The molecule has 0 aromatic heterocycles. The van der Waals surface area contributed by atoms with Gasteiger partial charge in [0.15, 0.2) is 0 Å². The maximum Gasteiger partial charge on any atom is 0.318 e. The molecule has 6 heteroatoms. The zero-order valence-electron chi connectivity index (χ0n) is 12.2. The van der Waals surface area contributed by atoms with Crippen molar-refractivity contribution >= 4 is 23.8 Å². The zero-order valence-corrected chi connectivity index (χ0v) is 13.0. The van der Waals surface area contributed by atoms with Crippen molar-refractivity contribution in [1.29, 1.82) is 0 Å². The fraction of sp³-hybridized carbons (Fsp3) is 0.857. The van der Waals surface area contributed by atoms with Crippen LogP contribution in [0.1, 0.15) is 39.0 Å². The first-order valence-corrected chi connectivity index (χ1v) is 8.70. The van der Waals surface area contributed by atoms with E-state index >= 15 is 0 Å². The number of hydrogen-bond acceptors (Lipinski definition) is 3. The Bertz CT molecular complexity index is 363. The fourth-order valence-electron chi connectivity index (χ4n) is 3.61. The summed E-state index contributed by atoms with van der Waals surface area (Å²) in [6.07, 6.45) is 5.99. The Balaban J connectivity index is 1.91. The number of carboxylic acid groups (broad SMARTS) is 1. The largest absolute Gasteiger partial charge is 0.481 e. The van der Waals surface area contributed by atoms with E-state index in [1.54, 1.807) is 11.8 Å². The Morgan fingerprint density at radius 2 is 1.95 bits per heavy atom. The lowest BCUT2D eigenvalue weighted by molar-refractivity contribution is -0.138. The molecule has 0 aromatic rings. The van der Waals surface area contributed by atoms with Crippen LogP contribution in [-0.2, 0) is 4.79 Å². The van der Waals surface area contributed by atoms with E-state index in [1.165, 1.54) is 0 Å². The standard InChI is InChI=1S/C14H24N2O3S/c1-9(8-20-2)15-14(19)16-11-3-4-12(16)6-10(5-11)7-13(17)18/h9-12H,3-8H2,1-2H3,(H,15,19)(H,17,18). The highest BCUT2D eigenvalue weighted by Gasteiger charge is 2.43. The number of urea groups is 1. The molecule has 3 unspecified atom stereocenters. The highest BCUT2D eigenvalue weighted by molar-refractivity contribution is 7.98. The van der Waals surface area contributed by atoms with E-state index in [0.29, 0.717) is 0 Å². The summed E-state index contributed by atoms with van der Waals surface area (Å²) in [4.78, 5) is 25.2. The number of fused-ring (bicyclic) bond motifs is 2. The number of aliphatic carboxylic acids is 1. The van der Waals surface area contributed by atoms with E-state index in [0.717, 1.165) is 31.4 Å². The molecular weight excluding hydrogens is 276 g/mol. The van der Waals surface area contributed by atoms with Gasteiger partial charge in [-0.1, -0.05) is 0 Å². The van der Waals surface area contributed by atoms with Crippen LogP contribution >= 0.6 is 11.8 Å². The molecule has 114 valence electrons. The van der Waals surface area contributed by atoms with E-state index in [9.17, 15) is 9.59 Å². The molecule has 2 fully saturated rings. The second kappa shape index (κ2) is 6.70. The van der Waals surface area contributed by atoms with Gasteiger partial charge in [-0.25, -0.2) is 4.79 Å². The molecule has 2 N–H and O–H groups in total. The summed E-state index contributed by atoms with van der Waals surface area (Å²) < 4.78 is 0. The van der Waals surface area contributed by atoms with Crippen molar-refractivity contribution in [2.24, 2.45) is 5.92 Å². The van der Waals surface area contributed by atoms with Crippen molar-refractivity contribution in [3.05, 3.63) is 0 Å². The highest BCUT2D eigenvalue weighted by Crippen LogP contribution is 2.39. The lowest BCUT2D eigenvalue weighted by atomic mass is 9.88. The Hall–Kier alpha value is -0.910. The molecule has 0 saturated carbocycles. The van der Waals surface area contributed by atoms with Crippen LogP contribution in [0.25, 0.3) is 0 Å². The van der Waals surface area contributed by atoms with E-state index in [2.05, 4.69) is 5.32 Å². The molecule has 2 saturated heterocycles. The first-order valence-electron chi connectivity index (χ1n) is 7.30. The third-order valence-electron chi connectivity index (χ3n) is 4.32. The van der Waals surface area contributed by atoms with Crippen LogP contribution in [0.5, 0.6) is 0 Å². The molecule has 2 aliphatic heterocycles. The van der Waals surface area contributed by atoms with Gasteiger partial charge in [-0.2, -0.15) is 11.8 Å². The lowest BCUT2D eigenvalue weighted by Crippen LogP contribution is -2.53. The second-order valence-corrected chi connectivity index (χ2v) is 6.94. The predicted octanol–water partition coefficient (Wildman–Crippen LogP) is 2.17. The molecule has 0 aliphatic carbocycles. The molecular formula is C14H24N2O3S. The zero-order chi connectivity index (χ0) is 14.7.